The number of thiazole rings is 1. The third kappa shape index (κ3) is 3.39. The van der Waals surface area contributed by atoms with Crippen molar-refractivity contribution in [2.24, 2.45) is 0 Å². The molecule has 17 heavy (non-hydrogen) atoms. The van der Waals surface area contributed by atoms with Crippen molar-refractivity contribution in [1.82, 2.24) is 9.88 Å². The van der Waals surface area contributed by atoms with Crippen LogP contribution < -0.4 is 0 Å². The van der Waals surface area contributed by atoms with Crippen molar-refractivity contribution < 1.29 is 4.79 Å². The number of benzene rings is 1. The van der Waals surface area contributed by atoms with Crippen molar-refractivity contribution in [3.8, 4) is 0 Å². The minimum Gasteiger partial charge on any atom is -0.339 e. The van der Waals surface area contributed by atoms with Crippen LogP contribution in [0, 0.1) is 0 Å². The largest absolute Gasteiger partial charge is 0.339 e. The first-order chi connectivity index (χ1) is 8.25. The van der Waals surface area contributed by atoms with Crippen molar-refractivity contribution in [2.45, 2.75) is 13.0 Å². The van der Waals surface area contributed by atoms with Gasteiger partial charge in [-0.05, 0) is 5.56 Å². The molecule has 88 valence electrons. The second-order valence-electron chi connectivity index (χ2n) is 3.84. The normalized spacial score (nSPS) is 10.2. The number of nitrogens with zero attached hydrogens (tertiary/aromatic N) is 2. The highest BCUT2D eigenvalue weighted by Gasteiger charge is 2.10. The van der Waals surface area contributed by atoms with Crippen LogP contribution >= 0.6 is 11.3 Å². The van der Waals surface area contributed by atoms with Crippen molar-refractivity contribution in [1.29, 1.82) is 0 Å². The summed E-state index contributed by atoms with van der Waals surface area (Å²) in [6, 6.07) is 9.78. The molecule has 0 bridgehead atoms. The van der Waals surface area contributed by atoms with Crippen LogP contribution in [-0.2, 0) is 17.8 Å². The molecule has 1 aromatic heterocycles. The Morgan fingerprint density at radius 2 is 2.12 bits per heavy atom. The van der Waals surface area contributed by atoms with E-state index in [0.717, 1.165) is 10.6 Å². The van der Waals surface area contributed by atoms with Gasteiger partial charge >= 0.3 is 0 Å². The first-order valence-electron chi connectivity index (χ1n) is 5.42. The molecular weight excluding hydrogens is 232 g/mol. The Hall–Kier alpha value is -1.68. The van der Waals surface area contributed by atoms with Crippen LogP contribution in [0.3, 0.4) is 0 Å². The van der Waals surface area contributed by atoms with Crippen LogP contribution in [0.2, 0.25) is 0 Å². The molecule has 0 N–H and O–H groups in total. The van der Waals surface area contributed by atoms with Crippen LogP contribution in [-0.4, -0.2) is 22.8 Å². The summed E-state index contributed by atoms with van der Waals surface area (Å²) in [6.07, 6.45) is 2.21. The lowest BCUT2D eigenvalue weighted by molar-refractivity contribution is -0.129. The fraction of sp³-hybridized carbons (Fsp3) is 0.231. The topological polar surface area (TPSA) is 33.2 Å². The Morgan fingerprint density at radius 3 is 2.76 bits per heavy atom. The molecule has 1 heterocycles. The first kappa shape index (κ1) is 11.8. The third-order valence-corrected chi connectivity index (χ3v) is 3.24. The van der Waals surface area contributed by atoms with E-state index in [1.54, 1.807) is 22.4 Å². The lowest BCUT2D eigenvalue weighted by Crippen LogP contribution is -2.27. The molecule has 0 unspecified atom stereocenters. The lowest BCUT2D eigenvalue weighted by Gasteiger charge is -2.15. The maximum atomic E-state index is 11.9. The Kier molecular flexibility index (Phi) is 3.88. The molecule has 0 saturated carbocycles. The summed E-state index contributed by atoms with van der Waals surface area (Å²) < 4.78 is 0. The van der Waals surface area contributed by atoms with Gasteiger partial charge in [-0.3, -0.25) is 4.79 Å². The van der Waals surface area contributed by atoms with Crippen LogP contribution in [0.5, 0.6) is 0 Å². The highest BCUT2D eigenvalue weighted by atomic mass is 32.1. The average molecular weight is 246 g/mol. The summed E-state index contributed by atoms with van der Waals surface area (Å²) in [7, 11) is 1.81. The summed E-state index contributed by atoms with van der Waals surface area (Å²) in [6.45, 7) is 0.587. The number of hydrogen-bond acceptors (Lipinski definition) is 3. The number of carbonyl (C=O) groups excluding carboxylic acids is 1. The van der Waals surface area contributed by atoms with Gasteiger partial charge in [0.05, 0.1) is 13.0 Å². The Balaban J connectivity index is 1.92. The number of aromatic nitrogens is 1. The van der Waals surface area contributed by atoms with E-state index in [-0.39, 0.29) is 5.91 Å². The van der Waals surface area contributed by atoms with E-state index in [0.29, 0.717) is 13.0 Å². The van der Waals surface area contributed by atoms with Crippen molar-refractivity contribution in [3.63, 3.8) is 0 Å². The SMILES string of the molecule is CN(Cc1nccs1)C(=O)Cc1ccccc1. The Bertz CT molecular complexity index is 467. The summed E-state index contributed by atoms with van der Waals surface area (Å²) in [5.74, 6) is 0.117. The van der Waals surface area contributed by atoms with Gasteiger partial charge in [-0.15, -0.1) is 11.3 Å². The molecular formula is C13H14N2OS. The predicted molar refractivity (Wildman–Crippen MR) is 68.7 cm³/mol. The quantitative estimate of drug-likeness (QED) is 0.829. The zero-order chi connectivity index (χ0) is 12.1. The van der Waals surface area contributed by atoms with E-state index in [1.807, 2.05) is 42.8 Å². The van der Waals surface area contributed by atoms with Gasteiger partial charge in [-0.25, -0.2) is 4.98 Å². The van der Waals surface area contributed by atoms with Crippen LogP contribution in [0.25, 0.3) is 0 Å². The number of hydrogen-bond donors (Lipinski definition) is 0. The van der Waals surface area contributed by atoms with E-state index < -0.39 is 0 Å². The maximum absolute atomic E-state index is 11.9. The zero-order valence-electron chi connectivity index (χ0n) is 9.67. The van der Waals surface area contributed by atoms with Crippen LogP contribution in [0.1, 0.15) is 10.6 Å². The molecule has 0 aliphatic carbocycles. The van der Waals surface area contributed by atoms with Gasteiger partial charge in [0.1, 0.15) is 5.01 Å². The van der Waals surface area contributed by atoms with Crippen molar-refractivity contribution in [2.75, 3.05) is 7.05 Å². The molecule has 0 fully saturated rings. The van der Waals surface area contributed by atoms with E-state index in [4.69, 9.17) is 0 Å². The number of carbonyl (C=O) groups is 1. The highest BCUT2D eigenvalue weighted by Crippen LogP contribution is 2.08. The monoisotopic (exact) mass is 246 g/mol. The maximum Gasteiger partial charge on any atom is 0.227 e. The molecule has 1 amide bonds. The smallest absolute Gasteiger partial charge is 0.227 e. The summed E-state index contributed by atoms with van der Waals surface area (Å²) in [5.41, 5.74) is 1.04. The molecule has 0 saturated heterocycles. The second-order valence-corrected chi connectivity index (χ2v) is 4.82. The predicted octanol–water partition coefficient (Wildman–Crippen LogP) is 2.34. The molecule has 1 aromatic carbocycles. The number of amides is 1. The van der Waals surface area contributed by atoms with Gasteiger partial charge in [-0.1, -0.05) is 30.3 Å². The molecule has 0 aliphatic rings. The van der Waals surface area contributed by atoms with Gasteiger partial charge in [0.25, 0.3) is 0 Å². The lowest BCUT2D eigenvalue weighted by atomic mass is 10.1. The fourth-order valence-electron chi connectivity index (χ4n) is 1.53. The minimum atomic E-state index is 0.117. The molecule has 0 radical (unpaired) electrons. The molecule has 2 aromatic rings. The fourth-order valence-corrected chi connectivity index (χ4v) is 2.20. The van der Waals surface area contributed by atoms with Crippen molar-refractivity contribution >= 4 is 17.2 Å². The van der Waals surface area contributed by atoms with Crippen molar-refractivity contribution in [3.05, 3.63) is 52.5 Å². The van der Waals surface area contributed by atoms with E-state index in [1.165, 1.54) is 0 Å². The van der Waals surface area contributed by atoms with E-state index in [9.17, 15) is 4.79 Å². The average Bonchev–Trinajstić information content (AvgIpc) is 2.83. The van der Waals surface area contributed by atoms with Gasteiger partial charge in [0.2, 0.25) is 5.91 Å². The first-order valence-corrected chi connectivity index (χ1v) is 6.30. The standard InChI is InChI=1S/C13H14N2OS/c1-15(10-12-14-7-8-17-12)13(16)9-11-5-3-2-4-6-11/h2-8H,9-10H2,1H3. The van der Waals surface area contributed by atoms with Gasteiger partial charge in [-0.2, -0.15) is 0 Å². The molecule has 4 heteroatoms. The molecule has 0 aliphatic heterocycles. The molecule has 3 nitrogen and oxygen atoms in total. The highest BCUT2D eigenvalue weighted by molar-refractivity contribution is 7.09. The second kappa shape index (κ2) is 5.59. The Labute approximate surface area is 105 Å². The third-order valence-electron chi connectivity index (χ3n) is 2.48. The number of likely N-dealkylation sites (N-methyl/N-ethyl adjacent to an activating group) is 1. The van der Waals surface area contributed by atoms with Crippen LogP contribution in [0.4, 0.5) is 0 Å². The number of rotatable bonds is 4. The molecule has 0 spiro atoms. The zero-order valence-corrected chi connectivity index (χ0v) is 10.5. The summed E-state index contributed by atoms with van der Waals surface area (Å²) in [5, 5.41) is 2.89. The van der Waals surface area contributed by atoms with E-state index in [2.05, 4.69) is 4.98 Å². The molecule has 0 atom stereocenters. The van der Waals surface area contributed by atoms with Gasteiger partial charge in [0.15, 0.2) is 0 Å². The van der Waals surface area contributed by atoms with Gasteiger partial charge < -0.3 is 4.90 Å². The minimum absolute atomic E-state index is 0.117. The van der Waals surface area contributed by atoms with E-state index >= 15 is 0 Å². The van der Waals surface area contributed by atoms with Crippen LogP contribution in [0.15, 0.2) is 41.9 Å². The molecule has 2 rings (SSSR count). The summed E-state index contributed by atoms with van der Waals surface area (Å²) in [4.78, 5) is 17.8. The summed E-state index contributed by atoms with van der Waals surface area (Å²) >= 11 is 1.57. The Morgan fingerprint density at radius 1 is 1.35 bits per heavy atom. The van der Waals surface area contributed by atoms with Gasteiger partial charge in [0, 0.05) is 18.6 Å².